The van der Waals surface area contributed by atoms with Crippen LogP contribution < -0.4 is 5.11 Å². The van der Waals surface area contributed by atoms with Gasteiger partial charge in [-0.25, -0.2) is 0 Å². The van der Waals surface area contributed by atoms with E-state index >= 15 is 0 Å². The molecule has 0 aliphatic carbocycles. The van der Waals surface area contributed by atoms with Gasteiger partial charge in [-0.2, -0.15) is 22.0 Å². The summed E-state index contributed by atoms with van der Waals surface area (Å²) in [4.78, 5) is 12.3. The summed E-state index contributed by atoms with van der Waals surface area (Å²) in [6.45, 7) is 0. The van der Waals surface area contributed by atoms with E-state index in [1.165, 1.54) is 0 Å². The smallest absolute Gasteiger partial charge is 0.459 e. The first-order valence-corrected chi connectivity index (χ1v) is 3.65. The number of carboxylic acids is 1. The Morgan fingerprint density at radius 1 is 1.15 bits per heavy atom. The van der Waals surface area contributed by atoms with Gasteiger partial charge in [0, 0.05) is 24.4 Å². The van der Waals surface area contributed by atoms with Crippen LogP contribution in [-0.4, -0.2) is 18.1 Å². The fourth-order valence-corrected chi connectivity index (χ4v) is 0.116. The zero-order valence-electron chi connectivity index (χ0n) is 6.00. The van der Waals surface area contributed by atoms with E-state index in [0.717, 1.165) is 0 Å². The van der Waals surface area contributed by atoms with Gasteiger partial charge in [-0.05, 0) is 0 Å². The third-order valence-corrected chi connectivity index (χ3v) is 0.612. The summed E-state index contributed by atoms with van der Waals surface area (Å²) in [5.41, 5.74) is 0. The molecule has 0 bridgehead atoms. The fourth-order valence-electron chi connectivity index (χ4n) is 0.116. The predicted molar refractivity (Wildman–Crippen MR) is 35.4 cm³/mol. The Bertz CT molecular complexity index is 159. The van der Waals surface area contributed by atoms with Gasteiger partial charge < -0.3 is 9.90 Å². The number of halogens is 6. The van der Waals surface area contributed by atoms with Gasteiger partial charge >= 0.3 is 12.1 Å². The second-order valence-electron chi connectivity index (χ2n) is 1.36. The number of carbonyl (C=O) groups excluding carboxylic acids is 1. The van der Waals surface area contributed by atoms with E-state index in [-0.39, 0.29) is 19.5 Å². The summed E-state index contributed by atoms with van der Waals surface area (Å²) in [6.07, 6.45) is -6.08. The van der Waals surface area contributed by atoms with Crippen molar-refractivity contribution in [1.29, 1.82) is 0 Å². The Morgan fingerprint density at radius 3 is 1.38 bits per heavy atom. The van der Waals surface area contributed by atoms with E-state index in [4.69, 9.17) is 9.90 Å². The number of hydrogen-bond donors (Lipinski definition) is 0. The van der Waals surface area contributed by atoms with Gasteiger partial charge in [-0.15, -0.1) is 0 Å². The van der Waals surface area contributed by atoms with Crippen LogP contribution in [0.25, 0.3) is 0 Å². The van der Waals surface area contributed by atoms with Crippen LogP contribution in [0.5, 0.6) is 0 Å². The topological polar surface area (TPSA) is 40.1 Å². The van der Waals surface area contributed by atoms with Crippen molar-refractivity contribution in [2.75, 3.05) is 0 Å². The summed E-state index contributed by atoms with van der Waals surface area (Å²) in [5, 5.41) is 9.09. The molecule has 0 N–H and O–H groups in total. The van der Waals surface area contributed by atoms with E-state index < -0.39 is 18.1 Å². The summed E-state index contributed by atoms with van der Waals surface area (Å²) in [7, 11) is 0. The van der Waals surface area contributed by atoms with Crippen molar-refractivity contribution in [2.24, 2.45) is 0 Å². The van der Waals surface area contributed by atoms with Crippen molar-refractivity contribution >= 4 is 28.6 Å². The minimum absolute atomic E-state index is 0. The van der Waals surface area contributed by atoms with Gasteiger partial charge in [0.1, 0.15) is 5.97 Å². The molecule has 13 heavy (non-hydrogen) atoms. The third kappa shape index (κ3) is 5.71. The van der Waals surface area contributed by atoms with Crippen molar-refractivity contribution in [3.05, 3.63) is 4.93 Å². The minimum Gasteiger partial charge on any atom is -0.544 e. The average molecular weight is 369 g/mol. The van der Waals surface area contributed by atoms with Crippen LogP contribution in [0.2, 0.25) is 0 Å². The Balaban J connectivity index is -0.000000309. The van der Waals surface area contributed by atoms with E-state index in [1.807, 2.05) is 22.6 Å². The molecule has 0 aliphatic heterocycles. The molecule has 2 nitrogen and oxygen atoms in total. The second-order valence-corrected chi connectivity index (χ2v) is 1.36. The molecule has 0 aliphatic rings. The van der Waals surface area contributed by atoms with Crippen LogP contribution in [0.3, 0.4) is 0 Å². The summed E-state index contributed by atoms with van der Waals surface area (Å²) in [5.74, 6) is -9.20. The van der Waals surface area contributed by atoms with E-state index in [2.05, 4.69) is 4.93 Å². The van der Waals surface area contributed by atoms with Gasteiger partial charge in [-0.3, -0.25) is 0 Å². The average Bonchev–Trinajstić information content (AvgIpc) is 1.89. The fraction of sp³-hybridized carbons (Fsp3) is 0.500. The van der Waals surface area contributed by atoms with E-state index in [1.54, 1.807) is 0 Å². The standard InChI is InChI=1S/C3HF5O2.CH2I.Zn/c4-2(5,1(9)10)3(6,7)8;1-2;/h(H,9,10);1H2;/p-1. The molecule has 0 rings (SSSR count). The first-order valence-electron chi connectivity index (χ1n) is 2.12. The molecular formula is C4H2F5IO2Zn-. The molecule has 0 saturated heterocycles. The largest absolute Gasteiger partial charge is 0.544 e. The number of carboxylic acid groups (broad SMARTS) is 1. The molecule has 0 amide bonds. The molecule has 0 aromatic carbocycles. The Morgan fingerprint density at radius 2 is 1.38 bits per heavy atom. The van der Waals surface area contributed by atoms with Gasteiger partial charge in [0.25, 0.3) is 0 Å². The van der Waals surface area contributed by atoms with Crippen LogP contribution in [0, 0.1) is 4.93 Å². The van der Waals surface area contributed by atoms with Crippen molar-refractivity contribution in [3.8, 4) is 0 Å². The van der Waals surface area contributed by atoms with Gasteiger partial charge in [0.15, 0.2) is 0 Å². The Hall–Kier alpha value is 0.473. The molecule has 0 atom stereocenters. The SMILES string of the molecule is O=C([O-])C(F)(F)C(F)(F)F.[CH2]I.[Zn]. The van der Waals surface area contributed by atoms with E-state index in [9.17, 15) is 22.0 Å². The molecule has 1 radical (unpaired) electrons. The number of carbonyl (C=O) groups is 1. The van der Waals surface area contributed by atoms with Crippen LogP contribution in [0.15, 0.2) is 0 Å². The molecular weight excluding hydrogens is 367 g/mol. The van der Waals surface area contributed by atoms with Gasteiger partial charge in [0.05, 0.1) is 0 Å². The van der Waals surface area contributed by atoms with E-state index in [0.29, 0.717) is 0 Å². The Labute approximate surface area is 96.8 Å². The summed E-state index contributed by atoms with van der Waals surface area (Å²) >= 11 is 1.90. The van der Waals surface area contributed by atoms with Crippen LogP contribution >= 0.6 is 22.6 Å². The first-order chi connectivity index (χ1) is 5.19. The second kappa shape index (κ2) is 6.86. The molecule has 0 heterocycles. The number of aliphatic carboxylic acids is 1. The molecule has 75 valence electrons. The maximum absolute atomic E-state index is 11.3. The quantitative estimate of drug-likeness (QED) is 0.395. The molecule has 0 saturated carbocycles. The molecule has 0 fully saturated rings. The number of rotatable bonds is 1. The van der Waals surface area contributed by atoms with Gasteiger partial charge in [0.2, 0.25) is 0 Å². The summed E-state index contributed by atoms with van der Waals surface area (Å²) in [6, 6.07) is 0. The van der Waals surface area contributed by atoms with Crippen LogP contribution in [0.1, 0.15) is 0 Å². The number of alkyl halides is 5. The maximum atomic E-state index is 11.3. The molecule has 0 aromatic rings. The van der Waals surface area contributed by atoms with Crippen molar-refractivity contribution in [3.63, 3.8) is 0 Å². The zero-order chi connectivity index (χ0) is 10.6. The van der Waals surface area contributed by atoms with Crippen LogP contribution in [0.4, 0.5) is 22.0 Å². The molecule has 0 spiro atoms. The summed E-state index contributed by atoms with van der Waals surface area (Å²) < 4.78 is 55.3. The zero-order valence-corrected chi connectivity index (χ0v) is 11.1. The Kier molecular flexibility index (Phi) is 10.1. The monoisotopic (exact) mass is 368 g/mol. The molecule has 0 aromatic heterocycles. The maximum Gasteiger partial charge on any atom is 0.459 e. The normalized spacial score (nSPS) is 10.7. The minimum atomic E-state index is -6.08. The van der Waals surface area contributed by atoms with Gasteiger partial charge in [-0.1, -0.05) is 22.6 Å². The first kappa shape index (κ1) is 19.1. The number of hydrogen-bond acceptors (Lipinski definition) is 2. The predicted octanol–water partition coefficient (Wildman–Crippen LogP) is 1.14. The van der Waals surface area contributed by atoms with Crippen molar-refractivity contribution in [2.45, 2.75) is 12.1 Å². The third-order valence-electron chi connectivity index (χ3n) is 0.612. The van der Waals surface area contributed by atoms with Crippen molar-refractivity contribution < 1.29 is 51.3 Å². The van der Waals surface area contributed by atoms with Crippen molar-refractivity contribution in [1.82, 2.24) is 0 Å². The van der Waals surface area contributed by atoms with Crippen LogP contribution in [-0.2, 0) is 24.3 Å². The molecule has 0 unspecified atom stereocenters. The molecule has 9 heteroatoms.